The monoisotopic (exact) mass is 309 g/mol. The molecule has 1 amide bonds. The molecule has 2 aromatic rings. The maximum absolute atomic E-state index is 13.2. The zero-order chi connectivity index (χ0) is 15.2. The molecule has 0 spiro atoms. The Hall–Kier alpha value is -2.11. The summed E-state index contributed by atoms with van der Waals surface area (Å²) >= 11 is 5.74. The summed E-state index contributed by atoms with van der Waals surface area (Å²) in [5, 5.41) is 12.2. The first kappa shape index (κ1) is 15.3. The molecule has 0 fully saturated rings. The fraction of sp³-hybridized carbons (Fsp3) is 0.133. The largest absolute Gasteiger partial charge is 0.484 e. The standard InChI is InChI=1S/C15H13ClFNO3/c16-11-1-3-13(4-2-11)18-15(20)9-21-14-6-10(8-19)5-12(17)7-14/h1-7,19H,8-9H2,(H,18,20). The highest BCUT2D eigenvalue weighted by Gasteiger charge is 2.06. The van der Waals surface area contributed by atoms with Crippen LogP contribution in [0.3, 0.4) is 0 Å². The van der Waals surface area contributed by atoms with Gasteiger partial charge in [-0.25, -0.2) is 4.39 Å². The molecular weight excluding hydrogens is 297 g/mol. The lowest BCUT2D eigenvalue weighted by atomic mass is 10.2. The first-order valence-corrected chi connectivity index (χ1v) is 6.53. The summed E-state index contributed by atoms with van der Waals surface area (Å²) in [5.74, 6) is -0.730. The van der Waals surface area contributed by atoms with Crippen molar-refractivity contribution in [3.63, 3.8) is 0 Å². The molecule has 2 N–H and O–H groups in total. The minimum Gasteiger partial charge on any atom is -0.484 e. The van der Waals surface area contributed by atoms with Gasteiger partial charge >= 0.3 is 0 Å². The molecule has 2 aromatic carbocycles. The van der Waals surface area contributed by atoms with Crippen LogP contribution in [-0.2, 0) is 11.4 Å². The fourth-order valence-electron chi connectivity index (χ4n) is 1.67. The summed E-state index contributed by atoms with van der Waals surface area (Å²) in [4.78, 5) is 11.7. The fourth-order valence-corrected chi connectivity index (χ4v) is 1.80. The Morgan fingerprint density at radius 2 is 1.95 bits per heavy atom. The summed E-state index contributed by atoms with van der Waals surface area (Å²) in [6.07, 6.45) is 0. The van der Waals surface area contributed by atoms with Crippen molar-refractivity contribution in [3.8, 4) is 5.75 Å². The summed E-state index contributed by atoms with van der Waals surface area (Å²) in [5.41, 5.74) is 0.964. The van der Waals surface area contributed by atoms with Crippen LogP contribution < -0.4 is 10.1 Å². The van der Waals surface area contributed by atoms with Crippen molar-refractivity contribution in [1.82, 2.24) is 0 Å². The molecule has 110 valence electrons. The average molecular weight is 310 g/mol. The minimum atomic E-state index is -0.533. The van der Waals surface area contributed by atoms with E-state index in [1.165, 1.54) is 12.1 Å². The van der Waals surface area contributed by atoms with E-state index in [0.29, 0.717) is 16.3 Å². The van der Waals surface area contributed by atoms with Crippen LogP contribution in [0.25, 0.3) is 0 Å². The molecule has 0 radical (unpaired) electrons. The third-order valence-electron chi connectivity index (χ3n) is 2.61. The Balaban J connectivity index is 1.92. The van der Waals surface area contributed by atoms with Gasteiger partial charge in [-0.15, -0.1) is 0 Å². The highest BCUT2D eigenvalue weighted by atomic mass is 35.5. The predicted molar refractivity (Wildman–Crippen MR) is 77.9 cm³/mol. The van der Waals surface area contributed by atoms with Crippen molar-refractivity contribution in [1.29, 1.82) is 0 Å². The number of hydrogen-bond acceptors (Lipinski definition) is 3. The zero-order valence-corrected chi connectivity index (χ0v) is 11.7. The normalized spacial score (nSPS) is 10.2. The van der Waals surface area contributed by atoms with Crippen molar-refractivity contribution < 1.29 is 19.0 Å². The second-order valence-corrected chi connectivity index (χ2v) is 4.73. The molecule has 2 rings (SSSR count). The third-order valence-corrected chi connectivity index (χ3v) is 2.86. The van der Waals surface area contributed by atoms with Gasteiger partial charge in [0.15, 0.2) is 6.61 Å². The topological polar surface area (TPSA) is 58.6 Å². The van der Waals surface area contributed by atoms with E-state index in [0.717, 1.165) is 6.07 Å². The second-order valence-electron chi connectivity index (χ2n) is 4.30. The van der Waals surface area contributed by atoms with E-state index in [9.17, 15) is 9.18 Å². The number of aliphatic hydroxyl groups excluding tert-OH is 1. The third kappa shape index (κ3) is 4.73. The molecule has 0 saturated heterocycles. The Morgan fingerprint density at radius 3 is 2.62 bits per heavy atom. The lowest BCUT2D eigenvalue weighted by Crippen LogP contribution is -2.20. The molecule has 0 aliphatic heterocycles. The number of carbonyl (C=O) groups excluding carboxylic acids is 1. The maximum atomic E-state index is 13.2. The molecule has 6 heteroatoms. The van der Waals surface area contributed by atoms with E-state index in [1.54, 1.807) is 24.3 Å². The molecule has 21 heavy (non-hydrogen) atoms. The molecule has 0 bridgehead atoms. The second kappa shape index (κ2) is 7.06. The number of halogens is 2. The number of rotatable bonds is 5. The number of nitrogens with one attached hydrogen (secondary N) is 1. The van der Waals surface area contributed by atoms with Crippen LogP contribution in [0.15, 0.2) is 42.5 Å². The molecule has 4 nitrogen and oxygen atoms in total. The average Bonchev–Trinajstić information content (AvgIpc) is 2.47. The minimum absolute atomic E-state index is 0.185. The molecule has 0 unspecified atom stereocenters. The van der Waals surface area contributed by atoms with Crippen molar-refractivity contribution in [2.45, 2.75) is 6.61 Å². The van der Waals surface area contributed by atoms with Crippen LogP contribution in [0, 0.1) is 5.82 Å². The number of anilines is 1. The quantitative estimate of drug-likeness (QED) is 0.892. The van der Waals surface area contributed by atoms with Gasteiger partial charge in [-0.1, -0.05) is 11.6 Å². The number of benzene rings is 2. The first-order chi connectivity index (χ1) is 10.1. The number of carbonyl (C=O) groups is 1. The SMILES string of the molecule is O=C(COc1cc(F)cc(CO)c1)Nc1ccc(Cl)cc1. The van der Waals surface area contributed by atoms with E-state index in [-0.39, 0.29) is 24.9 Å². The van der Waals surface area contributed by atoms with Gasteiger partial charge in [0.05, 0.1) is 6.61 Å². The van der Waals surface area contributed by atoms with Gasteiger partial charge in [0.25, 0.3) is 5.91 Å². The Labute approximate surface area is 126 Å². The number of aliphatic hydroxyl groups is 1. The Morgan fingerprint density at radius 1 is 1.24 bits per heavy atom. The maximum Gasteiger partial charge on any atom is 0.262 e. The van der Waals surface area contributed by atoms with Crippen molar-refractivity contribution >= 4 is 23.2 Å². The van der Waals surface area contributed by atoms with E-state index in [4.69, 9.17) is 21.4 Å². The molecule has 0 saturated carbocycles. The number of hydrogen-bond donors (Lipinski definition) is 2. The molecule has 0 aromatic heterocycles. The highest BCUT2D eigenvalue weighted by molar-refractivity contribution is 6.30. The van der Waals surface area contributed by atoms with Crippen molar-refractivity contribution in [3.05, 3.63) is 58.9 Å². The molecule has 0 atom stereocenters. The first-order valence-electron chi connectivity index (χ1n) is 6.15. The summed E-state index contributed by atoms with van der Waals surface area (Å²) in [6, 6.07) is 10.4. The summed E-state index contributed by atoms with van der Waals surface area (Å²) < 4.78 is 18.4. The van der Waals surface area contributed by atoms with Gasteiger partial charge in [0.1, 0.15) is 11.6 Å². The van der Waals surface area contributed by atoms with E-state index in [1.807, 2.05) is 0 Å². The Kier molecular flexibility index (Phi) is 5.14. The zero-order valence-electron chi connectivity index (χ0n) is 11.0. The van der Waals surface area contributed by atoms with E-state index in [2.05, 4.69) is 5.32 Å². The lowest BCUT2D eigenvalue weighted by Gasteiger charge is -2.09. The van der Waals surface area contributed by atoms with Gasteiger partial charge in [-0.2, -0.15) is 0 Å². The molecular formula is C15H13ClFNO3. The summed E-state index contributed by atoms with van der Waals surface area (Å²) in [6.45, 7) is -0.567. The number of amides is 1. The van der Waals surface area contributed by atoms with Crippen LogP contribution in [0.5, 0.6) is 5.75 Å². The lowest BCUT2D eigenvalue weighted by molar-refractivity contribution is -0.118. The van der Waals surface area contributed by atoms with Crippen LogP contribution in [0.2, 0.25) is 5.02 Å². The predicted octanol–water partition coefficient (Wildman–Crippen LogP) is 2.99. The van der Waals surface area contributed by atoms with Crippen LogP contribution in [0.1, 0.15) is 5.56 Å². The van der Waals surface area contributed by atoms with Gasteiger partial charge < -0.3 is 15.2 Å². The van der Waals surface area contributed by atoms with Crippen molar-refractivity contribution in [2.75, 3.05) is 11.9 Å². The van der Waals surface area contributed by atoms with E-state index >= 15 is 0 Å². The van der Waals surface area contributed by atoms with Crippen LogP contribution in [-0.4, -0.2) is 17.6 Å². The Bertz CT molecular complexity index is 631. The van der Waals surface area contributed by atoms with Crippen molar-refractivity contribution in [2.24, 2.45) is 0 Å². The van der Waals surface area contributed by atoms with Gasteiger partial charge in [-0.05, 0) is 42.0 Å². The van der Waals surface area contributed by atoms with E-state index < -0.39 is 5.82 Å². The van der Waals surface area contributed by atoms with Crippen LogP contribution >= 0.6 is 11.6 Å². The van der Waals surface area contributed by atoms with Gasteiger partial charge in [0.2, 0.25) is 0 Å². The van der Waals surface area contributed by atoms with Gasteiger partial charge in [-0.3, -0.25) is 4.79 Å². The van der Waals surface area contributed by atoms with Crippen LogP contribution in [0.4, 0.5) is 10.1 Å². The van der Waals surface area contributed by atoms with Gasteiger partial charge in [0, 0.05) is 16.8 Å². The molecule has 0 aliphatic carbocycles. The summed E-state index contributed by atoms with van der Waals surface area (Å²) in [7, 11) is 0. The molecule has 0 aliphatic rings. The molecule has 0 heterocycles. The smallest absolute Gasteiger partial charge is 0.262 e. The highest BCUT2D eigenvalue weighted by Crippen LogP contribution is 2.17. The number of ether oxygens (including phenoxy) is 1.